The zero-order valence-electron chi connectivity index (χ0n) is 15.3. The molecule has 1 amide bonds. The molecule has 28 heavy (non-hydrogen) atoms. The number of carbonyl (C=O) groups excluding carboxylic acids is 2. The van der Waals surface area contributed by atoms with Crippen molar-refractivity contribution in [3.8, 4) is 0 Å². The second kappa shape index (κ2) is 6.76. The van der Waals surface area contributed by atoms with E-state index < -0.39 is 47.2 Å². The van der Waals surface area contributed by atoms with Gasteiger partial charge in [-0.15, -0.1) is 0 Å². The first-order chi connectivity index (χ1) is 13.2. The Morgan fingerprint density at radius 2 is 1.79 bits per heavy atom. The molecular weight excluding hydrogens is 375 g/mol. The van der Waals surface area contributed by atoms with Crippen molar-refractivity contribution >= 4 is 17.6 Å². The molecule has 0 radical (unpaired) electrons. The van der Waals surface area contributed by atoms with Gasteiger partial charge in [0.2, 0.25) is 0 Å². The first kappa shape index (κ1) is 19.2. The molecule has 5 rings (SSSR count). The summed E-state index contributed by atoms with van der Waals surface area (Å²) in [6.45, 7) is -0.648. The Morgan fingerprint density at radius 3 is 2.43 bits per heavy atom. The number of halogens is 3. The van der Waals surface area contributed by atoms with Crippen LogP contribution in [0.15, 0.2) is 12.1 Å². The van der Waals surface area contributed by atoms with Crippen molar-refractivity contribution in [3.05, 3.63) is 29.6 Å². The van der Waals surface area contributed by atoms with Crippen molar-refractivity contribution in [1.29, 1.82) is 0 Å². The maximum absolute atomic E-state index is 13.6. The van der Waals surface area contributed by atoms with Gasteiger partial charge >= 0.3 is 5.97 Å². The lowest BCUT2D eigenvalue weighted by molar-refractivity contribution is -0.177. The standard InChI is InChI=1S/C20H22F3NO4/c21-13-1-2-14(18(23)17(13)22)24-15(25)9-28-16(26)8-19-4-11-3-12(5-19)7-20(27,6-11)10-19/h1-2,11-12,27H,3-10H2,(H,24,25)/t11-,12+,19?,20?. The van der Waals surface area contributed by atoms with Gasteiger partial charge in [-0.1, -0.05) is 0 Å². The third-order valence-corrected chi connectivity index (χ3v) is 6.34. The molecule has 4 fully saturated rings. The highest BCUT2D eigenvalue weighted by Gasteiger charge is 2.57. The van der Waals surface area contributed by atoms with Gasteiger partial charge in [0.15, 0.2) is 24.1 Å². The first-order valence-corrected chi connectivity index (χ1v) is 9.48. The summed E-state index contributed by atoms with van der Waals surface area (Å²) in [5.74, 6) is -5.10. The average Bonchev–Trinajstić information content (AvgIpc) is 2.58. The van der Waals surface area contributed by atoms with Crippen LogP contribution in [0.25, 0.3) is 0 Å². The van der Waals surface area contributed by atoms with E-state index in [1.807, 2.05) is 0 Å². The highest BCUT2D eigenvalue weighted by atomic mass is 19.2. The van der Waals surface area contributed by atoms with Crippen LogP contribution < -0.4 is 5.32 Å². The molecule has 4 bridgehead atoms. The smallest absolute Gasteiger partial charge is 0.306 e. The van der Waals surface area contributed by atoms with Crippen LogP contribution in [-0.4, -0.2) is 29.2 Å². The second-order valence-corrected chi connectivity index (χ2v) is 8.79. The first-order valence-electron chi connectivity index (χ1n) is 9.48. The predicted molar refractivity (Wildman–Crippen MR) is 92.6 cm³/mol. The molecule has 0 aliphatic heterocycles. The van der Waals surface area contributed by atoms with E-state index in [9.17, 15) is 27.9 Å². The number of hydrogen-bond donors (Lipinski definition) is 2. The van der Waals surface area contributed by atoms with Gasteiger partial charge in [-0.2, -0.15) is 0 Å². The monoisotopic (exact) mass is 397 g/mol. The Bertz CT molecular complexity index is 814. The number of esters is 1. The lowest BCUT2D eigenvalue weighted by atomic mass is 9.47. The Hall–Kier alpha value is -2.09. The average molecular weight is 397 g/mol. The Kier molecular flexibility index (Phi) is 4.64. The van der Waals surface area contributed by atoms with Gasteiger partial charge in [-0.3, -0.25) is 9.59 Å². The molecule has 152 valence electrons. The number of nitrogens with one attached hydrogen (secondary N) is 1. The van der Waals surface area contributed by atoms with Crippen molar-refractivity contribution in [1.82, 2.24) is 0 Å². The molecule has 4 saturated carbocycles. The minimum Gasteiger partial charge on any atom is -0.456 e. The van der Waals surface area contributed by atoms with Crippen molar-refractivity contribution < 1.29 is 32.6 Å². The fourth-order valence-corrected chi connectivity index (χ4v) is 5.92. The van der Waals surface area contributed by atoms with Crippen molar-refractivity contribution in [2.45, 2.75) is 50.5 Å². The molecule has 4 aliphatic rings. The highest BCUT2D eigenvalue weighted by Crippen LogP contribution is 2.62. The zero-order valence-corrected chi connectivity index (χ0v) is 15.3. The predicted octanol–water partition coefficient (Wildman–Crippen LogP) is 3.31. The van der Waals surface area contributed by atoms with Gasteiger partial charge in [0.25, 0.3) is 5.91 Å². The Morgan fingerprint density at radius 1 is 1.11 bits per heavy atom. The third kappa shape index (κ3) is 3.62. The molecule has 2 N–H and O–H groups in total. The van der Waals surface area contributed by atoms with Crippen LogP contribution in [0.3, 0.4) is 0 Å². The zero-order chi connectivity index (χ0) is 20.1. The van der Waals surface area contributed by atoms with E-state index in [0.717, 1.165) is 38.2 Å². The molecule has 0 saturated heterocycles. The van der Waals surface area contributed by atoms with Gasteiger partial charge in [-0.05, 0) is 67.9 Å². The lowest BCUT2D eigenvalue weighted by Gasteiger charge is -2.60. The van der Waals surface area contributed by atoms with E-state index in [2.05, 4.69) is 5.32 Å². The van der Waals surface area contributed by atoms with Crippen molar-refractivity contribution in [3.63, 3.8) is 0 Å². The number of rotatable bonds is 5. The number of aliphatic hydroxyl groups is 1. The van der Waals surface area contributed by atoms with Crippen LogP contribution >= 0.6 is 0 Å². The number of amides is 1. The fourth-order valence-electron chi connectivity index (χ4n) is 5.92. The lowest BCUT2D eigenvalue weighted by Crippen LogP contribution is -2.56. The Balaban J connectivity index is 1.31. The number of carbonyl (C=O) groups is 2. The van der Waals surface area contributed by atoms with Gasteiger partial charge in [-0.25, -0.2) is 13.2 Å². The summed E-state index contributed by atoms with van der Waals surface area (Å²) < 4.78 is 44.7. The van der Waals surface area contributed by atoms with Crippen LogP contribution in [0.2, 0.25) is 0 Å². The summed E-state index contributed by atoms with van der Waals surface area (Å²) in [4.78, 5) is 24.2. The maximum atomic E-state index is 13.6. The molecule has 4 aliphatic carbocycles. The molecule has 4 atom stereocenters. The number of anilines is 1. The van der Waals surface area contributed by atoms with Crippen LogP contribution in [0.5, 0.6) is 0 Å². The van der Waals surface area contributed by atoms with Gasteiger partial charge in [0, 0.05) is 0 Å². The summed E-state index contributed by atoms with van der Waals surface area (Å²) in [6.07, 6.45) is 5.16. The highest BCUT2D eigenvalue weighted by molar-refractivity contribution is 5.92. The van der Waals surface area contributed by atoms with Crippen molar-refractivity contribution in [2.75, 3.05) is 11.9 Å². The second-order valence-electron chi connectivity index (χ2n) is 8.79. The van der Waals surface area contributed by atoms with Crippen LogP contribution in [0.1, 0.15) is 44.9 Å². The molecule has 1 aromatic rings. The number of benzene rings is 1. The molecule has 0 spiro atoms. The van der Waals surface area contributed by atoms with Gasteiger partial charge in [0.1, 0.15) is 0 Å². The van der Waals surface area contributed by atoms with E-state index in [0.29, 0.717) is 24.3 Å². The summed E-state index contributed by atoms with van der Waals surface area (Å²) in [6, 6.07) is 1.58. The van der Waals surface area contributed by atoms with Crippen molar-refractivity contribution in [2.24, 2.45) is 17.3 Å². The van der Waals surface area contributed by atoms with Gasteiger partial charge < -0.3 is 15.2 Å². The summed E-state index contributed by atoms with van der Waals surface area (Å²) in [7, 11) is 0. The van der Waals surface area contributed by atoms with Crippen LogP contribution in [0, 0.1) is 34.7 Å². The molecule has 1 aromatic carbocycles. The fraction of sp³-hybridized carbons (Fsp3) is 0.600. The van der Waals surface area contributed by atoms with Crippen LogP contribution in [0.4, 0.5) is 18.9 Å². The Labute approximate surface area is 160 Å². The normalized spacial score (nSPS) is 33.0. The molecule has 8 heteroatoms. The summed E-state index contributed by atoms with van der Waals surface area (Å²) >= 11 is 0. The van der Waals surface area contributed by atoms with E-state index in [4.69, 9.17) is 4.74 Å². The molecule has 0 aromatic heterocycles. The van der Waals surface area contributed by atoms with Crippen LogP contribution in [-0.2, 0) is 14.3 Å². The van der Waals surface area contributed by atoms with E-state index in [-0.39, 0.29) is 11.8 Å². The van der Waals surface area contributed by atoms with E-state index in [1.54, 1.807) is 0 Å². The number of hydrogen-bond acceptors (Lipinski definition) is 4. The van der Waals surface area contributed by atoms with E-state index in [1.165, 1.54) is 0 Å². The molecule has 5 nitrogen and oxygen atoms in total. The third-order valence-electron chi connectivity index (χ3n) is 6.34. The minimum absolute atomic E-state index is 0.134. The summed E-state index contributed by atoms with van der Waals surface area (Å²) in [5, 5.41) is 12.8. The largest absolute Gasteiger partial charge is 0.456 e. The molecular formula is C20H22F3NO4. The maximum Gasteiger partial charge on any atom is 0.306 e. The molecule has 0 heterocycles. The molecule has 2 unspecified atom stereocenters. The minimum atomic E-state index is -1.69. The summed E-state index contributed by atoms with van der Waals surface area (Å²) in [5.41, 5.74) is -1.49. The van der Waals surface area contributed by atoms with Gasteiger partial charge in [0.05, 0.1) is 17.7 Å². The van der Waals surface area contributed by atoms with E-state index >= 15 is 0 Å². The quantitative estimate of drug-likeness (QED) is 0.591. The topological polar surface area (TPSA) is 75.6 Å². The SMILES string of the molecule is O=C(COC(=O)CC12C[C@@H]3C[C@@H](CC(O)(C3)C1)C2)Nc1ccc(F)c(F)c1F. The number of ether oxygens (including phenoxy) is 1.